The molecule has 0 spiro atoms. The van der Waals surface area contributed by atoms with Gasteiger partial charge in [-0.25, -0.2) is 0 Å². The van der Waals surface area contributed by atoms with Crippen LogP contribution >= 0.6 is 0 Å². The smallest absolute Gasteiger partial charge is 0.194 e. The predicted octanol–water partition coefficient (Wildman–Crippen LogP) is 3.11. The van der Waals surface area contributed by atoms with Crippen molar-refractivity contribution in [3.8, 4) is 0 Å². The van der Waals surface area contributed by atoms with Crippen molar-refractivity contribution in [3.63, 3.8) is 0 Å². The Morgan fingerprint density at radius 2 is 1.84 bits per heavy atom. The first-order chi connectivity index (χ1) is 15.0. The molecule has 1 atom stereocenters. The Balaban J connectivity index is 1.65. The highest BCUT2D eigenvalue weighted by atomic mass is 15.3. The summed E-state index contributed by atoms with van der Waals surface area (Å²) in [6.07, 6.45) is 7.97. The SMILES string of the molecule is CCNC(=NCC(c1cnn(C)c1)N(C)C)N(C)Cc1ccc(N2CCCCC2)cc1. The van der Waals surface area contributed by atoms with Crippen LogP contribution in [0.15, 0.2) is 41.7 Å². The second kappa shape index (κ2) is 11.2. The number of hydrogen-bond acceptors (Lipinski definition) is 4. The molecule has 1 aromatic carbocycles. The number of benzene rings is 1. The molecule has 31 heavy (non-hydrogen) atoms. The maximum absolute atomic E-state index is 4.95. The molecule has 0 bridgehead atoms. The molecule has 1 saturated heterocycles. The zero-order valence-electron chi connectivity index (χ0n) is 19.9. The summed E-state index contributed by atoms with van der Waals surface area (Å²) in [7, 11) is 8.24. The molecule has 2 heterocycles. The van der Waals surface area contributed by atoms with E-state index in [1.54, 1.807) is 0 Å². The number of aryl methyl sites for hydroxylation is 1. The second-order valence-corrected chi connectivity index (χ2v) is 8.69. The molecule has 1 fully saturated rings. The average Bonchev–Trinajstić information content (AvgIpc) is 3.20. The van der Waals surface area contributed by atoms with E-state index in [1.807, 2.05) is 17.9 Å². The van der Waals surface area contributed by atoms with E-state index in [9.17, 15) is 0 Å². The quantitative estimate of drug-likeness (QED) is 0.520. The zero-order chi connectivity index (χ0) is 22.2. The van der Waals surface area contributed by atoms with Gasteiger partial charge in [0.2, 0.25) is 0 Å². The summed E-state index contributed by atoms with van der Waals surface area (Å²) in [6, 6.07) is 9.23. The fraction of sp³-hybridized carbons (Fsp3) is 0.583. The lowest BCUT2D eigenvalue weighted by molar-refractivity contribution is 0.305. The number of nitrogens with zero attached hydrogens (tertiary/aromatic N) is 6. The summed E-state index contributed by atoms with van der Waals surface area (Å²) in [4.78, 5) is 11.9. The van der Waals surface area contributed by atoms with Gasteiger partial charge in [0.25, 0.3) is 0 Å². The molecule has 0 radical (unpaired) electrons. The number of aliphatic imine (C=N–C) groups is 1. The molecule has 1 aliphatic rings. The Morgan fingerprint density at radius 3 is 2.42 bits per heavy atom. The monoisotopic (exact) mass is 425 g/mol. The lowest BCUT2D eigenvalue weighted by atomic mass is 10.1. The maximum Gasteiger partial charge on any atom is 0.194 e. The van der Waals surface area contributed by atoms with Crippen LogP contribution in [0.4, 0.5) is 5.69 Å². The molecule has 170 valence electrons. The summed E-state index contributed by atoms with van der Waals surface area (Å²) in [5.74, 6) is 0.929. The summed E-state index contributed by atoms with van der Waals surface area (Å²) < 4.78 is 1.85. The van der Waals surface area contributed by atoms with E-state index in [-0.39, 0.29) is 6.04 Å². The second-order valence-electron chi connectivity index (χ2n) is 8.69. The normalized spacial score (nSPS) is 15.9. The van der Waals surface area contributed by atoms with Gasteiger partial charge < -0.3 is 20.0 Å². The third-order valence-electron chi connectivity index (χ3n) is 5.92. The largest absolute Gasteiger partial charge is 0.372 e. The maximum atomic E-state index is 4.95. The number of anilines is 1. The highest BCUT2D eigenvalue weighted by molar-refractivity contribution is 5.79. The van der Waals surface area contributed by atoms with Gasteiger partial charge in [0, 0.05) is 57.7 Å². The molecule has 1 aliphatic heterocycles. The molecule has 0 saturated carbocycles. The summed E-state index contributed by atoms with van der Waals surface area (Å²) in [6.45, 7) is 6.82. The van der Waals surface area contributed by atoms with Crippen molar-refractivity contribution >= 4 is 11.6 Å². The van der Waals surface area contributed by atoms with Crippen LogP contribution in [0.25, 0.3) is 0 Å². The fourth-order valence-electron chi connectivity index (χ4n) is 4.13. The topological polar surface area (TPSA) is 51.9 Å². The van der Waals surface area contributed by atoms with Gasteiger partial charge in [-0.1, -0.05) is 12.1 Å². The van der Waals surface area contributed by atoms with Crippen LogP contribution in [0.3, 0.4) is 0 Å². The Morgan fingerprint density at radius 1 is 1.13 bits per heavy atom. The molecular formula is C24H39N7. The van der Waals surface area contributed by atoms with Crippen LogP contribution in [0, 0.1) is 0 Å². The molecule has 0 aliphatic carbocycles. The Kier molecular flexibility index (Phi) is 8.35. The minimum atomic E-state index is 0.194. The predicted molar refractivity (Wildman–Crippen MR) is 130 cm³/mol. The van der Waals surface area contributed by atoms with Crippen molar-refractivity contribution in [3.05, 3.63) is 47.8 Å². The number of likely N-dealkylation sites (N-methyl/N-ethyl adjacent to an activating group) is 1. The molecule has 2 aromatic rings. The number of rotatable bonds is 8. The lowest BCUT2D eigenvalue weighted by Crippen LogP contribution is -2.39. The van der Waals surface area contributed by atoms with E-state index in [4.69, 9.17) is 4.99 Å². The lowest BCUT2D eigenvalue weighted by Gasteiger charge is -2.29. The van der Waals surface area contributed by atoms with Crippen LogP contribution < -0.4 is 10.2 Å². The van der Waals surface area contributed by atoms with Gasteiger partial charge in [-0.2, -0.15) is 5.10 Å². The number of hydrogen-bond donors (Lipinski definition) is 1. The van der Waals surface area contributed by atoms with Gasteiger partial charge in [-0.3, -0.25) is 9.67 Å². The van der Waals surface area contributed by atoms with Crippen LogP contribution in [0.1, 0.15) is 43.4 Å². The van der Waals surface area contributed by atoms with Crippen LogP contribution in [-0.2, 0) is 13.6 Å². The van der Waals surface area contributed by atoms with Gasteiger partial charge in [0.1, 0.15) is 0 Å². The summed E-state index contributed by atoms with van der Waals surface area (Å²) in [5, 5.41) is 7.77. The standard InChI is InChI=1S/C24H39N7/c1-6-25-24(26-17-23(28(2)3)21-16-27-30(5)19-21)29(4)18-20-10-12-22(13-11-20)31-14-8-7-9-15-31/h10-13,16,19,23H,6-9,14-15,17-18H2,1-5H3,(H,25,26). The first-order valence-corrected chi connectivity index (χ1v) is 11.5. The van der Waals surface area contributed by atoms with E-state index >= 15 is 0 Å². The van der Waals surface area contributed by atoms with Crippen molar-refractivity contribution < 1.29 is 0 Å². The summed E-state index contributed by atoms with van der Waals surface area (Å²) >= 11 is 0. The van der Waals surface area contributed by atoms with Crippen molar-refractivity contribution in [2.75, 3.05) is 52.2 Å². The third kappa shape index (κ3) is 6.47. The highest BCUT2D eigenvalue weighted by Crippen LogP contribution is 2.21. The number of nitrogens with one attached hydrogen (secondary N) is 1. The minimum Gasteiger partial charge on any atom is -0.372 e. The van der Waals surface area contributed by atoms with Gasteiger partial charge in [0.15, 0.2) is 5.96 Å². The van der Waals surface area contributed by atoms with E-state index in [2.05, 4.69) is 83.6 Å². The molecule has 7 heteroatoms. The Hall–Kier alpha value is -2.54. The number of piperidine rings is 1. The van der Waals surface area contributed by atoms with Crippen molar-refractivity contribution in [2.45, 2.75) is 38.8 Å². The molecule has 0 amide bonds. The van der Waals surface area contributed by atoms with Crippen molar-refractivity contribution in [1.82, 2.24) is 24.9 Å². The molecule has 1 unspecified atom stereocenters. The van der Waals surface area contributed by atoms with Crippen LogP contribution in [0.5, 0.6) is 0 Å². The van der Waals surface area contributed by atoms with Crippen molar-refractivity contribution in [1.29, 1.82) is 0 Å². The van der Waals surface area contributed by atoms with E-state index < -0.39 is 0 Å². The fourth-order valence-corrected chi connectivity index (χ4v) is 4.13. The summed E-state index contributed by atoms with van der Waals surface area (Å²) in [5.41, 5.74) is 3.82. The first kappa shape index (κ1) is 23.1. The van der Waals surface area contributed by atoms with Crippen molar-refractivity contribution in [2.24, 2.45) is 12.0 Å². The third-order valence-corrected chi connectivity index (χ3v) is 5.92. The molecule has 1 aromatic heterocycles. The van der Waals surface area contributed by atoms with Gasteiger partial charge in [0.05, 0.1) is 18.8 Å². The first-order valence-electron chi connectivity index (χ1n) is 11.5. The van der Waals surface area contributed by atoms with E-state index in [0.29, 0.717) is 6.54 Å². The van der Waals surface area contributed by atoms with Gasteiger partial charge in [-0.15, -0.1) is 0 Å². The Labute approximate surface area is 187 Å². The van der Waals surface area contributed by atoms with Gasteiger partial charge in [-0.05, 0) is 58.0 Å². The van der Waals surface area contributed by atoms with E-state index in [1.165, 1.54) is 49.2 Å². The number of guanidine groups is 1. The Bertz CT molecular complexity index is 819. The molecule has 3 rings (SSSR count). The highest BCUT2D eigenvalue weighted by Gasteiger charge is 2.17. The number of aromatic nitrogens is 2. The minimum absolute atomic E-state index is 0.194. The van der Waals surface area contributed by atoms with Crippen LogP contribution in [-0.4, -0.2) is 72.9 Å². The van der Waals surface area contributed by atoms with E-state index in [0.717, 1.165) is 19.0 Å². The average molecular weight is 426 g/mol. The van der Waals surface area contributed by atoms with Gasteiger partial charge >= 0.3 is 0 Å². The van der Waals surface area contributed by atoms with Crippen LogP contribution in [0.2, 0.25) is 0 Å². The molecule has 1 N–H and O–H groups in total. The molecular weight excluding hydrogens is 386 g/mol. The zero-order valence-corrected chi connectivity index (χ0v) is 19.9. The molecule has 7 nitrogen and oxygen atoms in total.